The lowest BCUT2D eigenvalue weighted by Gasteiger charge is -2.14. The molecule has 0 radical (unpaired) electrons. The van der Waals surface area contributed by atoms with Crippen LogP contribution in [-0.2, 0) is 16.2 Å². The summed E-state index contributed by atoms with van der Waals surface area (Å²) in [6, 6.07) is 19.4. The molecule has 0 atom stereocenters. The van der Waals surface area contributed by atoms with Gasteiger partial charge in [-0.15, -0.1) is 0 Å². The van der Waals surface area contributed by atoms with E-state index in [1.165, 1.54) is 11.1 Å². The summed E-state index contributed by atoms with van der Waals surface area (Å²) in [5.41, 5.74) is 4.69. The zero-order valence-electron chi connectivity index (χ0n) is 17.7. The number of ether oxygens (including phenoxy) is 2. The van der Waals surface area contributed by atoms with Crippen LogP contribution < -0.4 is 19.9 Å². The van der Waals surface area contributed by atoms with E-state index in [1.807, 2.05) is 19.1 Å². The van der Waals surface area contributed by atoms with Gasteiger partial charge in [0, 0.05) is 0 Å². The molecule has 6 nitrogen and oxygen atoms in total. The number of halogens is 2. The first-order chi connectivity index (χ1) is 16.0. The second-order valence-corrected chi connectivity index (χ2v) is 7.97. The molecule has 1 N–H and O–H groups in total. The minimum absolute atomic E-state index is 0.0331. The van der Waals surface area contributed by atoms with E-state index in [1.54, 1.807) is 54.6 Å². The second kappa shape index (κ2) is 9.98. The smallest absolute Gasteiger partial charge is 0.282 e. The quantitative estimate of drug-likeness (QED) is 0.360. The number of carbonyl (C=O) groups excluding carboxylic acids is 2. The van der Waals surface area contributed by atoms with Crippen molar-refractivity contribution in [3.05, 3.63) is 93.5 Å². The molecular weight excluding hydrogens is 463 g/mol. The first-order valence-electron chi connectivity index (χ1n) is 10.2. The molecule has 0 aliphatic carbocycles. The number of hydrogen-bond donors (Lipinski definition) is 1. The number of para-hydroxylation sites is 1. The Morgan fingerprint density at radius 1 is 0.909 bits per heavy atom. The third-order valence-corrected chi connectivity index (χ3v) is 5.60. The zero-order valence-corrected chi connectivity index (χ0v) is 19.2. The van der Waals surface area contributed by atoms with Crippen molar-refractivity contribution in [2.75, 3.05) is 11.6 Å². The standard InChI is InChI=1S/C25H20Cl2N2O4/c1-2-32-23-14-16(9-11-22(23)33-15-17-8-10-20(26)21(27)13-17)12-19-24(30)28-29(25(19)31)18-6-4-3-5-7-18/h3-14H,2,15H2,1H3,(H,28,30)/b19-12-. The van der Waals surface area contributed by atoms with Crippen LogP contribution in [0.25, 0.3) is 6.08 Å². The fourth-order valence-electron chi connectivity index (χ4n) is 3.28. The van der Waals surface area contributed by atoms with Crippen LogP contribution in [0.1, 0.15) is 18.1 Å². The molecule has 3 aromatic rings. The number of carbonyl (C=O) groups is 2. The SMILES string of the molecule is CCOc1cc(/C=C2/C(=O)NN(c3ccccc3)C2=O)ccc1OCc1ccc(Cl)c(Cl)c1. The fraction of sp³-hybridized carbons (Fsp3) is 0.120. The van der Waals surface area contributed by atoms with Gasteiger partial charge in [-0.1, -0.05) is 53.5 Å². The molecule has 8 heteroatoms. The summed E-state index contributed by atoms with van der Waals surface area (Å²) in [7, 11) is 0. The number of hydrogen-bond acceptors (Lipinski definition) is 4. The molecule has 1 aliphatic heterocycles. The molecule has 2 amide bonds. The Morgan fingerprint density at radius 2 is 1.70 bits per heavy atom. The molecule has 1 fully saturated rings. The molecule has 1 heterocycles. The summed E-state index contributed by atoms with van der Waals surface area (Å²) in [5.74, 6) is 0.127. The summed E-state index contributed by atoms with van der Waals surface area (Å²) in [6.45, 7) is 2.55. The molecule has 0 aromatic heterocycles. The van der Waals surface area contributed by atoms with Crippen LogP contribution >= 0.6 is 23.2 Å². The summed E-state index contributed by atoms with van der Waals surface area (Å²) in [6.07, 6.45) is 1.53. The van der Waals surface area contributed by atoms with Crippen molar-refractivity contribution in [2.24, 2.45) is 0 Å². The number of anilines is 1. The number of hydrazine groups is 1. The first kappa shape index (κ1) is 22.7. The van der Waals surface area contributed by atoms with Crippen LogP contribution in [-0.4, -0.2) is 18.4 Å². The van der Waals surface area contributed by atoms with Gasteiger partial charge in [0.05, 0.1) is 22.3 Å². The lowest BCUT2D eigenvalue weighted by Crippen LogP contribution is -2.35. The summed E-state index contributed by atoms with van der Waals surface area (Å²) in [5, 5.41) is 2.16. The molecule has 0 bridgehead atoms. The predicted molar refractivity (Wildman–Crippen MR) is 128 cm³/mol. The van der Waals surface area contributed by atoms with Gasteiger partial charge < -0.3 is 9.47 Å². The molecule has 1 aliphatic rings. The Hall–Kier alpha value is -3.48. The van der Waals surface area contributed by atoms with Crippen LogP contribution in [0.3, 0.4) is 0 Å². The van der Waals surface area contributed by atoms with Gasteiger partial charge in [-0.25, -0.2) is 5.01 Å². The van der Waals surface area contributed by atoms with Crippen molar-refractivity contribution in [3.8, 4) is 11.5 Å². The Bertz CT molecular complexity index is 1230. The van der Waals surface area contributed by atoms with Gasteiger partial charge in [-0.2, -0.15) is 0 Å². The van der Waals surface area contributed by atoms with Crippen LogP contribution in [0, 0.1) is 0 Å². The van der Waals surface area contributed by atoms with Crippen LogP contribution in [0.2, 0.25) is 10.0 Å². The highest BCUT2D eigenvalue weighted by Gasteiger charge is 2.34. The van der Waals surface area contributed by atoms with Gasteiger partial charge in [0.25, 0.3) is 11.8 Å². The molecule has 0 unspecified atom stereocenters. The maximum atomic E-state index is 12.8. The monoisotopic (exact) mass is 482 g/mol. The maximum Gasteiger partial charge on any atom is 0.282 e. The van der Waals surface area contributed by atoms with E-state index in [0.29, 0.717) is 39.4 Å². The summed E-state index contributed by atoms with van der Waals surface area (Å²) in [4.78, 5) is 25.3. The number of nitrogens with zero attached hydrogens (tertiary/aromatic N) is 1. The van der Waals surface area contributed by atoms with Crippen LogP contribution in [0.15, 0.2) is 72.3 Å². The molecule has 4 rings (SSSR count). The third-order valence-electron chi connectivity index (χ3n) is 4.86. The topological polar surface area (TPSA) is 67.9 Å². The molecule has 3 aromatic carbocycles. The van der Waals surface area contributed by atoms with Crippen molar-refractivity contribution >= 4 is 46.8 Å². The van der Waals surface area contributed by atoms with Crippen LogP contribution in [0.5, 0.6) is 11.5 Å². The zero-order chi connectivity index (χ0) is 23.4. The summed E-state index contributed by atoms with van der Waals surface area (Å²) >= 11 is 12.0. The van der Waals surface area contributed by atoms with Crippen LogP contribution in [0.4, 0.5) is 5.69 Å². The second-order valence-electron chi connectivity index (χ2n) is 7.15. The van der Waals surface area contributed by atoms with E-state index in [4.69, 9.17) is 32.7 Å². The van der Waals surface area contributed by atoms with Crippen molar-refractivity contribution in [1.29, 1.82) is 0 Å². The van der Waals surface area contributed by atoms with E-state index in [0.717, 1.165) is 5.56 Å². The van der Waals surface area contributed by atoms with Crippen molar-refractivity contribution in [1.82, 2.24) is 5.43 Å². The third kappa shape index (κ3) is 5.13. The number of amides is 2. The van der Waals surface area contributed by atoms with E-state index < -0.39 is 11.8 Å². The van der Waals surface area contributed by atoms with E-state index in [9.17, 15) is 9.59 Å². The molecule has 0 saturated carbocycles. The van der Waals surface area contributed by atoms with E-state index in [2.05, 4.69) is 5.43 Å². The molecule has 0 spiro atoms. The van der Waals surface area contributed by atoms with Crippen molar-refractivity contribution < 1.29 is 19.1 Å². The highest BCUT2D eigenvalue weighted by atomic mass is 35.5. The summed E-state index contributed by atoms with van der Waals surface area (Å²) < 4.78 is 11.6. The minimum Gasteiger partial charge on any atom is -0.490 e. The maximum absolute atomic E-state index is 12.8. The predicted octanol–water partition coefficient (Wildman–Crippen LogP) is 5.43. The Morgan fingerprint density at radius 3 is 2.42 bits per heavy atom. The average molecular weight is 483 g/mol. The highest BCUT2D eigenvalue weighted by Crippen LogP contribution is 2.31. The number of benzene rings is 3. The van der Waals surface area contributed by atoms with E-state index in [-0.39, 0.29) is 12.2 Å². The number of rotatable bonds is 7. The van der Waals surface area contributed by atoms with Gasteiger partial charge in [0.1, 0.15) is 12.2 Å². The number of nitrogens with one attached hydrogen (secondary N) is 1. The van der Waals surface area contributed by atoms with Gasteiger partial charge in [0.2, 0.25) is 0 Å². The Kier molecular flexibility index (Phi) is 6.87. The van der Waals surface area contributed by atoms with Crippen molar-refractivity contribution in [2.45, 2.75) is 13.5 Å². The lowest BCUT2D eigenvalue weighted by atomic mass is 10.1. The molecule has 1 saturated heterocycles. The van der Waals surface area contributed by atoms with E-state index >= 15 is 0 Å². The van der Waals surface area contributed by atoms with Gasteiger partial charge in [-0.05, 0) is 60.5 Å². The lowest BCUT2D eigenvalue weighted by molar-refractivity contribution is -0.117. The van der Waals surface area contributed by atoms with Gasteiger partial charge in [0.15, 0.2) is 11.5 Å². The average Bonchev–Trinajstić information content (AvgIpc) is 3.10. The van der Waals surface area contributed by atoms with Gasteiger partial charge in [-0.3, -0.25) is 15.0 Å². The fourth-order valence-corrected chi connectivity index (χ4v) is 3.60. The molecule has 168 valence electrons. The largest absolute Gasteiger partial charge is 0.490 e. The van der Waals surface area contributed by atoms with Gasteiger partial charge >= 0.3 is 0 Å². The molecule has 33 heavy (non-hydrogen) atoms. The first-order valence-corrected chi connectivity index (χ1v) is 11.0. The molecular formula is C25H20Cl2N2O4. The highest BCUT2D eigenvalue weighted by molar-refractivity contribution is 6.42. The van der Waals surface area contributed by atoms with Crippen molar-refractivity contribution in [3.63, 3.8) is 0 Å². The normalized spacial score (nSPS) is 14.5. The Labute approximate surface area is 201 Å². The Balaban J connectivity index is 1.55. The minimum atomic E-state index is -0.471.